The summed E-state index contributed by atoms with van der Waals surface area (Å²) in [6.07, 6.45) is 1.62. The molecule has 0 rings (SSSR count). The van der Waals surface area contributed by atoms with E-state index in [9.17, 15) is 4.79 Å². The Bertz CT molecular complexity index is 139. The lowest BCUT2D eigenvalue weighted by molar-refractivity contribution is -0.139. The van der Waals surface area contributed by atoms with Crippen molar-refractivity contribution in [2.45, 2.75) is 31.5 Å². The van der Waals surface area contributed by atoms with Gasteiger partial charge in [-0.25, -0.2) is 0 Å². The molecule has 0 amide bonds. The largest absolute Gasteiger partial charge is 0.480 e. The molecular weight excluding hydrogens is 158 g/mol. The second-order valence-electron chi connectivity index (χ2n) is 2.77. The van der Waals surface area contributed by atoms with Gasteiger partial charge in [0.2, 0.25) is 0 Å². The minimum absolute atomic E-state index is 0.337. The Kier molecular flexibility index (Phi) is 5.61. The molecule has 0 heterocycles. The number of hydrogen-bond donors (Lipinski definition) is 4. The quantitative estimate of drug-likeness (QED) is 0.391. The SMILES string of the molecule is CN[C@@H](CCCC(N)N)C(=O)O. The zero-order valence-corrected chi connectivity index (χ0v) is 7.29. The standard InChI is InChI=1S/C7H17N3O2/c1-10-5(7(11)12)3-2-4-6(8)9/h5-6,10H,2-4,8-9H2,1H3,(H,11,12)/t5-/m0/s1. The molecule has 12 heavy (non-hydrogen) atoms. The smallest absolute Gasteiger partial charge is 0.320 e. The predicted molar refractivity (Wildman–Crippen MR) is 46.5 cm³/mol. The first-order valence-corrected chi connectivity index (χ1v) is 3.99. The molecule has 0 aromatic heterocycles. The Labute approximate surface area is 72.1 Å². The van der Waals surface area contributed by atoms with Gasteiger partial charge in [0.1, 0.15) is 6.04 Å². The van der Waals surface area contributed by atoms with Crippen LogP contribution in [0.4, 0.5) is 0 Å². The molecule has 0 aromatic carbocycles. The Morgan fingerprint density at radius 2 is 2.08 bits per heavy atom. The van der Waals surface area contributed by atoms with Gasteiger partial charge in [-0.15, -0.1) is 0 Å². The fraction of sp³-hybridized carbons (Fsp3) is 0.857. The number of rotatable bonds is 6. The second kappa shape index (κ2) is 5.93. The van der Waals surface area contributed by atoms with Crippen LogP contribution in [0.1, 0.15) is 19.3 Å². The van der Waals surface area contributed by atoms with E-state index in [1.807, 2.05) is 0 Å². The summed E-state index contributed by atoms with van der Waals surface area (Å²) < 4.78 is 0. The maximum absolute atomic E-state index is 10.5. The van der Waals surface area contributed by atoms with E-state index in [1.165, 1.54) is 0 Å². The number of carboxylic acid groups (broad SMARTS) is 1. The first kappa shape index (κ1) is 11.4. The van der Waals surface area contributed by atoms with Crippen LogP contribution in [0.5, 0.6) is 0 Å². The van der Waals surface area contributed by atoms with Gasteiger partial charge >= 0.3 is 5.97 Å². The Balaban J connectivity index is 3.52. The summed E-state index contributed by atoms with van der Waals surface area (Å²) in [6, 6.07) is -0.483. The number of nitrogens with two attached hydrogens (primary N) is 2. The van der Waals surface area contributed by atoms with Crippen molar-refractivity contribution < 1.29 is 9.90 Å². The van der Waals surface area contributed by atoms with Crippen LogP contribution in [0.3, 0.4) is 0 Å². The third-order valence-electron chi connectivity index (χ3n) is 1.68. The van der Waals surface area contributed by atoms with Gasteiger partial charge in [-0.1, -0.05) is 0 Å². The van der Waals surface area contributed by atoms with Crippen molar-refractivity contribution in [1.82, 2.24) is 5.32 Å². The van der Waals surface area contributed by atoms with E-state index in [-0.39, 0.29) is 6.17 Å². The van der Waals surface area contributed by atoms with Crippen molar-refractivity contribution in [2.24, 2.45) is 11.5 Å². The summed E-state index contributed by atoms with van der Waals surface area (Å²) in [7, 11) is 1.63. The van der Waals surface area contributed by atoms with Crippen LogP contribution in [0.15, 0.2) is 0 Å². The highest BCUT2D eigenvalue weighted by atomic mass is 16.4. The molecule has 0 saturated carbocycles. The molecule has 0 radical (unpaired) electrons. The van der Waals surface area contributed by atoms with Crippen LogP contribution < -0.4 is 16.8 Å². The number of aliphatic carboxylic acids is 1. The van der Waals surface area contributed by atoms with Gasteiger partial charge in [0.25, 0.3) is 0 Å². The van der Waals surface area contributed by atoms with Crippen molar-refractivity contribution in [1.29, 1.82) is 0 Å². The van der Waals surface area contributed by atoms with Crippen molar-refractivity contribution in [2.75, 3.05) is 7.05 Å². The van der Waals surface area contributed by atoms with Gasteiger partial charge in [0.05, 0.1) is 6.17 Å². The van der Waals surface area contributed by atoms with E-state index in [0.29, 0.717) is 12.8 Å². The fourth-order valence-corrected chi connectivity index (χ4v) is 0.949. The molecule has 1 atom stereocenters. The van der Waals surface area contributed by atoms with Gasteiger partial charge in [0, 0.05) is 0 Å². The molecule has 0 saturated heterocycles. The van der Waals surface area contributed by atoms with Gasteiger partial charge in [-0.3, -0.25) is 4.79 Å². The molecule has 0 aromatic rings. The van der Waals surface area contributed by atoms with Crippen LogP contribution >= 0.6 is 0 Å². The molecule has 5 heteroatoms. The highest BCUT2D eigenvalue weighted by Crippen LogP contribution is 2.00. The predicted octanol–water partition coefficient (Wildman–Crippen LogP) is -0.927. The lowest BCUT2D eigenvalue weighted by Crippen LogP contribution is -2.35. The topological polar surface area (TPSA) is 101 Å². The lowest BCUT2D eigenvalue weighted by atomic mass is 10.1. The summed E-state index contributed by atoms with van der Waals surface area (Å²) in [5.74, 6) is -0.830. The molecule has 0 aliphatic rings. The van der Waals surface area contributed by atoms with Crippen molar-refractivity contribution in [3.63, 3.8) is 0 Å². The van der Waals surface area contributed by atoms with Gasteiger partial charge < -0.3 is 21.9 Å². The van der Waals surface area contributed by atoms with Crippen molar-refractivity contribution in [3.8, 4) is 0 Å². The number of carbonyl (C=O) groups is 1. The molecular formula is C7H17N3O2. The van der Waals surface area contributed by atoms with E-state index in [2.05, 4.69) is 5.32 Å². The average Bonchev–Trinajstić information content (AvgIpc) is 1.96. The second-order valence-corrected chi connectivity index (χ2v) is 2.77. The average molecular weight is 175 g/mol. The normalized spacial score (nSPS) is 13.3. The third kappa shape index (κ3) is 5.06. The van der Waals surface area contributed by atoms with E-state index in [1.54, 1.807) is 7.05 Å². The van der Waals surface area contributed by atoms with E-state index in [0.717, 1.165) is 6.42 Å². The highest BCUT2D eigenvalue weighted by molar-refractivity contribution is 5.73. The summed E-state index contributed by atoms with van der Waals surface area (Å²) in [6.45, 7) is 0. The molecule has 0 bridgehead atoms. The molecule has 0 fully saturated rings. The minimum atomic E-state index is -0.830. The molecule has 0 spiro atoms. The van der Waals surface area contributed by atoms with Crippen LogP contribution in [-0.4, -0.2) is 30.3 Å². The number of nitrogens with one attached hydrogen (secondary N) is 1. The maximum atomic E-state index is 10.5. The molecule has 72 valence electrons. The van der Waals surface area contributed by atoms with Gasteiger partial charge in [-0.2, -0.15) is 0 Å². The van der Waals surface area contributed by atoms with Gasteiger partial charge in [-0.05, 0) is 26.3 Å². The minimum Gasteiger partial charge on any atom is -0.480 e. The Morgan fingerprint density at radius 3 is 2.42 bits per heavy atom. The number of likely N-dealkylation sites (N-methyl/N-ethyl adjacent to an activating group) is 1. The zero-order valence-electron chi connectivity index (χ0n) is 7.29. The van der Waals surface area contributed by atoms with Crippen LogP contribution in [0.25, 0.3) is 0 Å². The summed E-state index contributed by atoms with van der Waals surface area (Å²) in [5, 5.41) is 11.3. The van der Waals surface area contributed by atoms with E-state index < -0.39 is 12.0 Å². The summed E-state index contributed by atoms with van der Waals surface area (Å²) in [4.78, 5) is 10.5. The highest BCUT2D eigenvalue weighted by Gasteiger charge is 2.13. The summed E-state index contributed by atoms with van der Waals surface area (Å²) >= 11 is 0. The van der Waals surface area contributed by atoms with Gasteiger partial charge in [0.15, 0.2) is 0 Å². The van der Waals surface area contributed by atoms with E-state index >= 15 is 0 Å². The first-order valence-electron chi connectivity index (χ1n) is 3.99. The van der Waals surface area contributed by atoms with Crippen molar-refractivity contribution >= 4 is 5.97 Å². The number of carboxylic acids is 1. The molecule has 0 aliphatic carbocycles. The zero-order chi connectivity index (χ0) is 9.56. The summed E-state index contributed by atoms with van der Waals surface area (Å²) in [5.41, 5.74) is 10.6. The first-order chi connectivity index (χ1) is 5.57. The van der Waals surface area contributed by atoms with Crippen LogP contribution in [-0.2, 0) is 4.79 Å². The fourth-order valence-electron chi connectivity index (χ4n) is 0.949. The Morgan fingerprint density at radius 1 is 1.50 bits per heavy atom. The number of hydrogen-bond acceptors (Lipinski definition) is 4. The molecule has 0 aliphatic heterocycles. The van der Waals surface area contributed by atoms with E-state index in [4.69, 9.17) is 16.6 Å². The molecule has 5 nitrogen and oxygen atoms in total. The van der Waals surface area contributed by atoms with Crippen molar-refractivity contribution in [3.05, 3.63) is 0 Å². The Hall–Kier alpha value is -0.650. The van der Waals surface area contributed by atoms with Crippen LogP contribution in [0, 0.1) is 0 Å². The third-order valence-corrected chi connectivity index (χ3v) is 1.68. The lowest BCUT2D eigenvalue weighted by Gasteiger charge is -2.11. The van der Waals surface area contributed by atoms with Crippen LogP contribution in [0.2, 0.25) is 0 Å². The monoisotopic (exact) mass is 175 g/mol. The maximum Gasteiger partial charge on any atom is 0.320 e. The molecule has 6 N–H and O–H groups in total. The molecule has 0 unspecified atom stereocenters.